The van der Waals surface area contributed by atoms with E-state index in [-0.39, 0.29) is 6.04 Å². The predicted molar refractivity (Wildman–Crippen MR) is 107 cm³/mol. The number of hydrogen-bond donors (Lipinski definition) is 0. The molecule has 0 spiro atoms. The summed E-state index contributed by atoms with van der Waals surface area (Å²) in [7, 11) is 3.37. The topological polar surface area (TPSA) is 60.6 Å². The van der Waals surface area contributed by atoms with Gasteiger partial charge in [-0.1, -0.05) is 28.9 Å². The normalized spacial score (nSPS) is 17.0. The van der Waals surface area contributed by atoms with Gasteiger partial charge in [0.1, 0.15) is 11.5 Å². The van der Waals surface area contributed by atoms with Gasteiger partial charge in [-0.3, -0.25) is 4.90 Å². The Kier molecular flexibility index (Phi) is 5.50. The fourth-order valence-electron chi connectivity index (χ4n) is 3.71. The third kappa shape index (κ3) is 3.84. The van der Waals surface area contributed by atoms with Crippen LogP contribution in [-0.4, -0.2) is 35.8 Å². The highest BCUT2D eigenvalue weighted by Gasteiger charge is 2.30. The van der Waals surface area contributed by atoms with Crippen molar-refractivity contribution in [3.63, 3.8) is 0 Å². The van der Waals surface area contributed by atoms with Gasteiger partial charge in [-0.15, -0.1) is 0 Å². The Labute approximate surface area is 169 Å². The molecule has 0 radical (unpaired) electrons. The van der Waals surface area contributed by atoms with Gasteiger partial charge in [-0.05, 0) is 49.7 Å². The molecule has 1 atom stereocenters. The number of ether oxygens (including phenoxy) is 2. The Hall–Kier alpha value is -2.57. The number of methoxy groups -OCH3 is 2. The van der Waals surface area contributed by atoms with Crippen LogP contribution in [0.2, 0.25) is 5.02 Å². The van der Waals surface area contributed by atoms with Crippen LogP contribution in [0.4, 0.5) is 0 Å². The molecule has 7 heteroatoms. The molecule has 0 N–H and O–H groups in total. The summed E-state index contributed by atoms with van der Waals surface area (Å²) in [6, 6.07) is 13.6. The van der Waals surface area contributed by atoms with Crippen LogP contribution in [0.3, 0.4) is 0 Å². The lowest BCUT2D eigenvalue weighted by molar-refractivity contribution is 0.209. The number of aromatic nitrogens is 2. The Morgan fingerprint density at radius 2 is 2.07 bits per heavy atom. The molecule has 1 aliphatic heterocycles. The lowest BCUT2D eigenvalue weighted by Crippen LogP contribution is -2.23. The number of halogens is 1. The Morgan fingerprint density at radius 3 is 2.86 bits per heavy atom. The standard InChI is InChI=1S/C21H22ClN3O3/c1-26-16-8-9-19(27-2)17(12-16)18-7-4-10-25(18)13-20-23-21(24-28-20)14-5-3-6-15(22)11-14/h3,5-6,8-9,11-12,18H,4,7,10,13H2,1-2H3/t18-/m1/s1. The first-order valence-electron chi connectivity index (χ1n) is 9.22. The van der Waals surface area contributed by atoms with Gasteiger partial charge in [0, 0.05) is 22.2 Å². The molecule has 6 nitrogen and oxygen atoms in total. The summed E-state index contributed by atoms with van der Waals surface area (Å²) in [4.78, 5) is 6.90. The van der Waals surface area contributed by atoms with Gasteiger partial charge < -0.3 is 14.0 Å². The van der Waals surface area contributed by atoms with E-state index in [4.69, 9.17) is 25.6 Å². The molecule has 3 aromatic rings. The van der Waals surface area contributed by atoms with Crippen molar-refractivity contribution in [2.45, 2.75) is 25.4 Å². The van der Waals surface area contributed by atoms with Crippen LogP contribution in [0, 0.1) is 0 Å². The van der Waals surface area contributed by atoms with Crippen molar-refractivity contribution in [1.82, 2.24) is 15.0 Å². The fraction of sp³-hybridized carbons (Fsp3) is 0.333. The molecule has 1 saturated heterocycles. The van der Waals surface area contributed by atoms with E-state index in [1.54, 1.807) is 14.2 Å². The summed E-state index contributed by atoms with van der Waals surface area (Å²) in [6.07, 6.45) is 2.14. The Balaban J connectivity index is 1.55. The van der Waals surface area contributed by atoms with Crippen LogP contribution in [0.25, 0.3) is 11.4 Å². The summed E-state index contributed by atoms with van der Waals surface area (Å²) in [5, 5.41) is 4.76. The van der Waals surface area contributed by atoms with E-state index >= 15 is 0 Å². The maximum atomic E-state index is 6.06. The van der Waals surface area contributed by atoms with E-state index in [2.05, 4.69) is 15.0 Å². The second-order valence-electron chi connectivity index (χ2n) is 6.76. The minimum atomic E-state index is 0.214. The van der Waals surface area contributed by atoms with Gasteiger partial charge in [0.15, 0.2) is 0 Å². The van der Waals surface area contributed by atoms with E-state index in [9.17, 15) is 0 Å². The molecular formula is C21H22ClN3O3. The van der Waals surface area contributed by atoms with Gasteiger partial charge in [0.25, 0.3) is 0 Å². The molecule has 1 aliphatic rings. The minimum absolute atomic E-state index is 0.214. The van der Waals surface area contributed by atoms with Gasteiger partial charge in [-0.25, -0.2) is 0 Å². The minimum Gasteiger partial charge on any atom is -0.497 e. The molecule has 2 aromatic carbocycles. The second kappa shape index (κ2) is 8.20. The van der Waals surface area contributed by atoms with Gasteiger partial charge in [0.05, 0.1) is 20.8 Å². The van der Waals surface area contributed by atoms with Crippen LogP contribution >= 0.6 is 11.6 Å². The van der Waals surface area contributed by atoms with Gasteiger partial charge >= 0.3 is 0 Å². The molecule has 0 bridgehead atoms. The summed E-state index contributed by atoms with van der Waals surface area (Å²) >= 11 is 6.06. The van der Waals surface area contributed by atoms with Gasteiger partial charge in [-0.2, -0.15) is 4.98 Å². The van der Waals surface area contributed by atoms with E-state index < -0.39 is 0 Å². The third-order valence-corrected chi connectivity index (χ3v) is 5.28. The summed E-state index contributed by atoms with van der Waals surface area (Å²) in [6.45, 7) is 1.54. The molecular weight excluding hydrogens is 378 g/mol. The zero-order valence-electron chi connectivity index (χ0n) is 15.9. The number of nitrogens with zero attached hydrogens (tertiary/aromatic N) is 3. The largest absolute Gasteiger partial charge is 0.497 e. The maximum absolute atomic E-state index is 6.06. The van der Waals surface area contributed by atoms with E-state index in [0.29, 0.717) is 23.3 Å². The van der Waals surface area contributed by atoms with E-state index in [0.717, 1.165) is 42.0 Å². The molecule has 1 fully saturated rings. The molecule has 0 aliphatic carbocycles. The predicted octanol–water partition coefficient (Wildman–Crippen LogP) is 4.74. The number of likely N-dealkylation sites (tertiary alicyclic amines) is 1. The lowest BCUT2D eigenvalue weighted by atomic mass is 10.0. The Bertz CT molecular complexity index is 960. The quantitative estimate of drug-likeness (QED) is 0.596. The number of rotatable bonds is 6. The molecule has 0 saturated carbocycles. The van der Waals surface area contributed by atoms with Crippen molar-refractivity contribution in [2.75, 3.05) is 20.8 Å². The third-order valence-electron chi connectivity index (χ3n) is 5.05. The average Bonchev–Trinajstić information content (AvgIpc) is 3.37. The average molecular weight is 400 g/mol. The van der Waals surface area contributed by atoms with Crippen LogP contribution in [0.1, 0.15) is 30.3 Å². The molecule has 0 amide bonds. The molecule has 4 rings (SSSR count). The van der Waals surface area contributed by atoms with Crippen LogP contribution < -0.4 is 9.47 Å². The van der Waals surface area contributed by atoms with E-state index in [1.807, 2.05) is 42.5 Å². The van der Waals surface area contributed by atoms with Crippen molar-refractivity contribution >= 4 is 11.6 Å². The highest BCUT2D eigenvalue weighted by Crippen LogP contribution is 2.39. The molecule has 2 heterocycles. The maximum Gasteiger partial charge on any atom is 0.241 e. The number of hydrogen-bond acceptors (Lipinski definition) is 6. The summed E-state index contributed by atoms with van der Waals surface area (Å²) < 4.78 is 16.5. The molecule has 1 aromatic heterocycles. The van der Waals surface area contributed by atoms with E-state index in [1.165, 1.54) is 0 Å². The van der Waals surface area contributed by atoms with Crippen molar-refractivity contribution in [3.8, 4) is 22.9 Å². The lowest BCUT2D eigenvalue weighted by Gasteiger charge is -2.25. The first kappa shape index (κ1) is 18.8. The van der Waals surface area contributed by atoms with Crippen molar-refractivity contribution in [2.24, 2.45) is 0 Å². The van der Waals surface area contributed by atoms with Gasteiger partial charge in [0.2, 0.25) is 11.7 Å². The van der Waals surface area contributed by atoms with Crippen LogP contribution in [0.5, 0.6) is 11.5 Å². The Morgan fingerprint density at radius 1 is 1.18 bits per heavy atom. The van der Waals surface area contributed by atoms with Crippen LogP contribution in [0.15, 0.2) is 47.0 Å². The van der Waals surface area contributed by atoms with Crippen LogP contribution in [-0.2, 0) is 6.54 Å². The first-order valence-corrected chi connectivity index (χ1v) is 9.60. The molecule has 28 heavy (non-hydrogen) atoms. The SMILES string of the molecule is COc1ccc(OC)c([C@H]2CCCN2Cc2nc(-c3cccc(Cl)c3)no2)c1. The monoisotopic (exact) mass is 399 g/mol. The zero-order chi connectivity index (χ0) is 19.5. The summed E-state index contributed by atoms with van der Waals surface area (Å²) in [5.74, 6) is 2.82. The smallest absolute Gasteiger partial charge is 0.241 e. The number of benzene rings is 2. The zero-order valence-corrected chi connectivity index (χ0v) is 16.6. The second-order valence-corrected chi connectivity index (χ2v) is 7.19. The first-order chi connectivity index (χ1) is 13.7. The fourth-order valence-corrected chi connectivity index (χ4v) is 3.90. The summed E-state index contributed by atoms with van der Waals surface area (Å²) in [5.41, 5.74) is 1.96. The van der Waals surface area contributed by atoms with Crippen molar-refractivity contribution in [1.29, 1.82) is 0 Å². The molecule has 0 unspecified atom stereocenters. The molecule has 146 valence electrons. The van der Waals surface area contributed by atoms with Crippen molar-refractivity contribution < 1.29 is 14.0 Å². The highest BCUT2D eigenvalue weighted by atomic mass is 35.5. The highest BCUT2D eigenvalue weighted by molar-refractivity contribution is 6.30. The van der Waals surface area contributed by atoms with Crippen molar-refractivity contribution in [3.05, 3.63) is 58.9 Å².